The van der Waals surface area contributed by atoms with Crippen molar-refractivity contribution in [3.8, 4) is 5.75 Å². The lowest BCUT2D eigenvalue weighted by Crippen LogP contribution is -2.17. The summed E-state index contributed by atoms with van der Waals surface area (Å²) in [6.07, 6.45) is 0.490. The molecule has 1 atom stereocenters. The van der Waals surface area contributed by atoms with Crippen LogP contribution in [0.5, 0.6) is 5.75 Å². The average Bonchev–Trinajstić information content (AvgIpc) is 1.98. The highest BCUT2D eigenvalue weighted by molar-refractivity contribution is 5.33. The number of phenols is 1. The molecule has 12 heavy (non-hydrogen) atoms. The van der Waals surface area contributed by atoms with Gasteiger partial charge in [0.25, 0.3) is 0 Å². The molecule has 1 rings (SSSR count). The molecular formula is C9H12FNO. The van der Waals surface area contributed by atoms with Gasteiger partial charge in [-0.25, -0.2) is 4.39 Å². The minimum absolute atomic E-state index is 0.0716. The standard InChI is InChI=1S/C9H12FNO/c1-6(11)5-7-3-2-4-8(10)9(7)12/h2-4,6,12H,5,11H2,1H3/t6-/m1/s1. The highest BCUT2D eigenvalue weighted by atomic mass is 19.1. The summed E-state index contributed by atoms with van der Waals surface area (Å²) in [5, 5.41) is 9.22. The van der Waals surface area contributed by atoms with Gasteiger partial charge in [0, 0.05) is 6.04 Å². The fourth-order valence-corrected chi connectivity index (χ4v) is 1.07. The maximum absolute atomic E-state index is 12.7. The van der Waals surface area contributed by atoms with E-state index in [-0.39, 0.29) is 11.8 Å². The van der Waals surface area contributed by atoms with E-state index in [4.69, 9.17) is 5.73 Å². The second-order valence-corrected chi connectivity index (χ2v) is 2.93. The lowest BCUT2D eigenvalue weighted by Gasteiger charge is -2.07. The summed E-state index contributed by atoms with van der Waals surface area (Å²) < 4.78 is 12.7. The fraction of sp³-hybridized carbons (Fsp3) is 0.333. The lowest BCUT2D eigenvalue weighted by atomic mass is 10.1. The van der Waals surface area contributed by atoms with E-state index >= 15 is 0 Å². The largest absolute Gasteiger partial charge is 0.505 e. The highest BCUT2D eigenvalue weighted by Gasteiger charge is 2.07. The van der Waals surface area contributed by atoms with Gasteiger partial charge >= 0.3 is 0 Å². The van der Waals surface area contributed by atoms with E-state index in [0.29, 0.717) is 12.0 Å². The summed E-state index contributed by atoms with van der Waals surface area (Å²) in [6, 6.07) is 4.38. The number of phenolic OH excluding ortho intramolecular Hbond substituents is 1. The van der Waals surface area contributed by atoms with Crippen LogP contribution in [0.3, 0.4) is 0 Å². The summed E-state index contributed by atoms with van der Waals surface area (Å²) >= 11 is 0. The third-order valence-corrected chi connectivity index (χ3v) is 1.61. The van der Waals surface area contributed by atoms with Crippen molar-refractivity contribution in [2.45, 2.75) is 19.4 Å². The molecule has 0 bridgehead atoms. The summed E-state index contributed by atoms with van der Waals surface area (Å²) in [5.41, 5.74) is 6.07. The lowest BCUT2D eigenvalue weighted by molar-refractivity contribution is 0.424. The van der Waals surface area contributed by atoms with Crippen LogP contribution in [0.4, 0.5) is 4.39 Å². The van der Waals surface area contributed by atoms with E-state index < -0.39 is 5.82 Å². The van der Waals surface area contributed by atoms with Gasteiger partial charge in [0.15, 0.2) is 11.6 Å². The van der Waals surface area contributed by atoms with Crippen molar-refractivity contribution < 1.29 is 9.50 Å². The minimum atomic E-state index is -0.590. The smallest absolute Gasteiger partial charge is 0.165 e. The molecule has 0 amide bonds. The second-order valence-electron chi connectivity index (χ2n) is 2.93. The van der Waals surface area contributed by atoms with Gasteiger partial charge in [0.1, 0.15) is 0 Å². The number of benzene rings is 1. The van der Waals surface area contributed by atoms with Gasteiger partial charge in [-0.15, -0.1) is 0 Å². The van der Waals surface area contributed by atoms with Gasteiger partial charge < -0.3 is 10.8 Å². The predicted molar refractivity (Wildman–Crippen MR) is 45.4 cm³/mol. The third kappa shape index (κ3) is 1.95. The van der Waals surface area contributed by atoms with Crippen molar-refractivity contribution in [3.63, 3.8) is 0 Å². The third-order valence-electron chi connectivity index (χ3n) is 1.61. The van der Waals surface area contributed by atoms with Crippen LogP contribution in [-0.4, -0.2) is 11.1 Å². The first-order chi connectivity index (χ1) is 5.61. The molecule has 3 N–H and O–H groups in total. The Hall–Kier alpha value is -1.09. The van der Waals surface area contributed by atoms with E-state index in [1.165, 1.54) is 6.07 Å². The van der Waals surface area contributed by atoms with E-state index in [1.54, 1.807) is 12.1 Å². The molecule has 0 saturated carbocycles. The average molecular weight is 169 g/mol. The Morgan fingerprint density at radius 2 is 2.25 bits per heavy atom. The molecule has 0 saturated heterocycles. The van der Waals surface area contributed by atoms with Gasteiger partial charge in [-0.05, 0) is 25.0 Å². The zero-order chi connectivity index (χ0) is 9.14. The summed E-state index contributed by atoms with van der Waals surface area (Å²) in [4.78, 5) is 0. The molecule has 0 heterocycles. The number of hydrogen-bond acceptors (Lipinski definition) is 2. The van der Waals surface area contributed by atoms with Crippen LogP contribution < -0.4 is 5.73 Å². The Kier molecular flexibility index (Phi) is 2.65. The molecule has 1 aromatic rings. The number of hydrogen-bond donors (Lipinski definition) is 2. The summed E-state index contributed by atoms with van der Waals surface area (Å²) in [5.74, 6) is -0.872. The van der Waals surface area contributed by atoms with Crippen LogP contribution in [0.25, 0.3) is 0 Å². The van der Waals surface area contributed by atoms with E-state index in [0.717, 1.165) is 0 Å². The Bertz CT molecular complexity index is 273. The van der Waals surface area contributed by atoms with E-state index in [2.05, 4.69) is 0 Å². The fourth-order valence-electron chi connectivity index (χ4n) is 1.07. The van der Waals surface area contributed by atoms with Crippen LogP contribution in [0.15, 0.2) is 18.2 Å². The zero-order valence-corrected chi connectivity index (χ0v) is 6.92. The molecule has 0 aliphatic rings. The van der Waals surface area contributed by atoms with Crippen molar-refractivity contribution in [2.24, 2.45) is 5.73 Å². The van der Waals surface area contributed by atoms with Crippen LogP contribution in [-0.2, 0) is 6.42 Å². The molecule has 0 aliphatic carbocycles. The van der Waals surface area contributed by atoms with Crippen LogP contribution in [0.2, 0.25) is 0 Å². The molecule has 3 heteroatoms. The van der Waals surface area contributed by atoms with Crippen LogP contribution >= 0.6 is 0 Å². The first-order valence-corrected chi connectivity index (χ1v) is 3.83. The van der Waals surface area contributed by atoms with Gasteiger partial charge in [-0.1, -0.05) is 12.1 Å². The number of nitrogens with two attached hydrogens (primary N) is 1. The zero-order valence-electron chi connectivity index (χ0n) is 6.92. The highest BCUT2D eigenvalue weighted by Crippen LogP contribution is 2.21. The molecule has 0 aromatic heterocycles. The first-order valence-electron chi connectivity index (χ1n) is 3.83. The minimum Gasteiger partial charge on any atom is -0.505 e. The van der Waals surface area contributed by atoms with Gasteiger partial charge in [-0.3, -0.25) is 0 Å². The molecule has 0 aliphatic heterocycles. The van der Waals surface area contributed by atoms with Gasteiger partial charge in [-0.2, -0.15) is 0 Å². The van der Waals surface area contributed by atoms with Crippen molar-refractivity contribution in [3.05, 3.63) is 29.6 Å². The van der Waals surface area contributed by atoms with E-state index in [1.807, 2.05) is 6.92 Å². The molecule has 0 unspecified atom stereocenters. The second kappa shape index (κ2) is 3.54. The van der Waals surface area contributed by atoms with Crippen LogP contribution in [0.1, 0.15) is 12.5 Å². The van der Waals surface area contributed by atoms with Crippen molar-refractivity contribution in [2.75, 3.05) is 0 Å². The number of rotatable bonds is 2. The normalized spacial score (nSPS) is 12.9. The Morgan fingerprint density at radius 1 is 1.58 bits per heavy atom. The van der Waals surface area contributed by atoms with Crippen molar-refractivity contribution >= 4 is 0 Å². The summed E-state index contributed by atoms with van der Waals surface area (Å²) in [6.45, 7) is 1.81. The Labute approximate surface area is 70.8 Å². The number of aromatic hydroxyl groups is 1. The van der Waals surface area contributed by atoms with Crippen LogP contribution in [0, 0.1) is 5.82 Å². The first kappa shape index (κ1) is 9.00. The molecule has 0 fully saturated rings. The summed E-state index contributed by atoms with van der Waals surface area (Å²) in [7, 11) is 0. The topological polar surface area (TPSA) is 46.2 Å². The van der Waals surface area contributed by atoms with Crippen molar-refractivity contribution in [1.29, 1.82) is 0 Å². The maximum atomic E-state index is 12.7. The number of halogens is 1. The Balaban J connectivity index is 2.92. The quantitative estimate of drug-likeness (QED) is 0.703. The molecule has 2 nitrogen and oxygen atoms in total. The van der Waals surface area contributed by atoms with Crippen molar-refractivity contribution in [1.82, 2.24) is 0 Å². The van der Waals surface area contributed by atoms with E-state index in [9.17, 15) is 9.50 Å². The Morgan fingerprint density at radius 3 is 2.83 bits per heavy atom. The monoisotopic (exact) mass is 169 g/mol. The number of para-hydroxylation sites is 1. The maximum Gasteiger partial charge on any atom is 0.165 e. The molecule has 0 radical (unpaired) electrons. The molecular weight excluding hydrogens is 157 g/mol. The van der Waals surface area contributed by atoms with Gasteiger partial charge in [0.2, 0.25) is 0 Å². The molecule has 0 spiro atoms. The molecule has 1 aromatic carbocycles. The SMILES string of the molecule is C[C@@H](N)Cc1cccc(F)c1O. The predicted octanol–water partition coefficient (Wildman–Crippen LogP) is 1.42. The van der Waals surface area contributed by atoms with Gasteiger partial charge in [0.05, 0.1) is 0 Å². The molecule has 66 valence electrons.